The van der Waals surface area contributed by atoms with Gasteiger partial charge >= 0.3 is 5.97 Å². The van der Waals surface area contributed by atoms with Crippen LogP contribution in [0.5, 0.6) is 0 Å². The molecule has 2 saturated carbocycles. The molecule has 2 aliphatic carbocycles. The SMILES string of the molecule is CC[C@@]1(OC(=O)C(CC(C)(C)C)C(C)(C)C)CCC2CC(C)CC1C2. The highest BCUT2D eigenvalue weighted by Gasteiger charge is 2.49. The molecule has 0 spiro atoms. The first kappa shape index (κ1) is 20.8. The first-order valence-corrected chi connectivity index (χ1v) is 10.6. The molecule has 25 heavy (non-hydrogen) atoms. The highest BCUT2D eigenvalue weighted by molar-refractivity contribution is 5.74. The number of fused-ring (bicyclic) bond motifs is 2. The second-order valence-corrected chi connectivity index (χ2v) is 11.4. The van der Waals surface area contributed by atoms with Crippen LogP contribution in [0, 0.1) is 34.5 Å². The van der Waals surface area contributed by atoms with E-state index in [1.165, 1.54) is 25.7 Å². The Morgan fingerprint density at radius 1 is 1.12 bits per heavy atom. The Morgan fingerprint density at radius 2 is 1.76 bits per heavy atom. The Kier molecular flexibility index (Phi) is 6.01. The molecule has 0 amide bonds. The van der Waals surface area contributed by atoms with Crippen molar-refractivity contribution >= 4 is 5.97 Å². The fourth-order valence-corrected chi connectivity index (χ4v) is 5.36. The van der Waals surface area contributed by atoms with Gasteiger partial charge in [-0.05, 0) is 73.5 Å². The second kappa shape index (κ2) is 7.24. The van der Waals surface area contributed by atoms with Gasteiger partial charge in [0.15, 0.2) is 0 Å². The Balaban J connectivity index is 2.19. The van der Waals surface area contributed by atoms with Gasteiger partial charge in [0, 0.05) is 0 Å². The van der Waals surface area contributed by atoms with Gasteiger partial charge in [0.2, 0.25) is 0 Å². The summed E-state index contributed by atoms with van der Waals surface area (Å²) >= 11 is 0. The molecule has 2 aliphatic rings. The van der Waals surface area contributed by atoms with Crippen molar-refractivity contribution in [2.75, 3.05) is 0 Å². The zero-order chi connectivity index (χ0) is 19.0. The van der Waals surface area contributed by atoms with Gasteiger partial charge in [-0.15, -0.1) is 0 Å². The number of rotatable bonds is 4. The van der Waals surface area contributed by atoms with Crippen LogP contribution in [-0.4, -0.2) is 11.6 Å². The fourth-order valence-electron chi connectivity index (χ4n) is 5.36. The Labute approximate surface area is 156 Å². The van der Waals surface area contributed by atoms with Gasteiger partial charge in [0.1, 0.15) is 5.60 Å². The Morgan fingerprint density at radius 3 is 2.28 bits per heavy atom. The molecule has 2 rings (SSSR count). The van der Waals surface area contributed by atoms with E-state index in [1.807, 2.05) is 0 Å². The molecule has 2 nitrogen and oxygen atoms in total. The molecule has 0 saturated heterocycles. The minimum absolute atomic E-state index is 0.0327. The molecule has 0 N–H and O–H groups in total. The highest BCUT2D eigenvalue weighted by Crippen LogP contribution is 2.51. The summed E-state index contributed by atoms with van der Waals surface area (Å²) in [5.74, 6) is 2.23. The van der Waals surface area contributed by atoms with Crippen molar-refractivity contribution in [1.82, 2.24) is 0 Å². The summed E-state index contributed by atoms with van der Waals surface area (Å²) in [6.07, 6.45) is 8.04. The predicted molar refractivity (Wildman–Crippen MR) is 105 cm³/mol. The van der Waals surface area contributed by atoms with Gasteiger partial charge in [0.25, 0.3) is 0 Å². The summed E-state index contributed by atoms with van der Waals surface area (Å²) in [5, 5.41) is 0. The van der Waals surface area contributed by atoms with E-state index in [4.69, 9.17) is 4.74 Å². The highest BCUT2D eigenvalue weighted by atomic mass is 16.6. The number of carbonyl (C=O) groups excluding carboxylic acids is 1. The van der Waals surface area contributed by atoms with Crippen LogP contribution in [0.1, 0.15) is 100 Å². The zero-order valence-corrected chi connectivity index (χ0v) is 18.1. The van der Waals surface area contributed by atoms with Crippen LogP contribution < -0.4 is 0 Å². The van der Waals surface area contributed by atoms with Crippen molar-refractivity contribution in [2.45, 2.75) is 106 Å². The van der Waals surface area contributed by atoms with Crippen LogP contribution in [-0.2, 0) is 9.53 Å². The van der Waals surface area contributed by atoms with Gasteiger partial charge in [-0.3, -0.25) is 4.79 Å². The third-order valence-electron chi connectivity index (χ3n) is 6.81. The smallest absolute Gasteiger partial charge is 0.310 e. The lowest BCUT2D eigenvalue weighted by molar-refractivity contribution is -0.188. The van der Waals surface area contributed by atoms with Crippen LogP contribution in [0.4, 0.5) is 0 Å². The summed E-state index contributed by atoms with van der Waals surface area (Å²) in [4.78, 5) is 13.3. The van der Waals surface area contributed by atoms with E-state index in [9.17, 15) is 4.79 Å². The van der Waals surface area contributed by atoms with E-state index in [1.54, 1.807) is 0 Å². The number of esters is 1. The van der Waals surface area contributed by atoms with Crippen LogP contribution in [0.2, 0.25) is 0 Å². The number of hydrogen-bond acceptors (Lipinski definition) is 2. The molecule has 2 bridgehead atoms. The summed E-state index contributed by atoms with van der Waals surface area (Å²) in [6.45, 7) is 17.8. The van der Waals surface area contributed by atoms with Crippen molar-refractivity contribution in [3.63, 3.8) is 0 Å². The number of hydrogen-bond donors (Lipinski definition) is 0. The maximum atomic E-state index is 13.3. The van der Waals surface area contributed by atoms with Gasteiger partial charge < -0.3 is 4.74 Å². The largest absolute Gasteiger partial charge is 0.459 e. The topological polar surface area (TPSA) is 26.3 Å². The number of carbonyl (C=O) groups is 1. The summed E-state index contributed by atoms with van der Waals surface area (Å²) in [5.41, 5.74) is -0.132. The van der Waals surface area contributed by atoms with Crippen LogP contribution in [0.15, 0.2) is 0 Å². The predicted octanol–water partition coefficient (Wildman–Crippen LogP) is 6.62. The molecule has 4 unspecified atom stereocenters. The molecule has 0 aromatic heterocycles. The lowest BCUT2D eigenvalue weighted by atomic mass is 9.61. The normalized spacial score (nSPS) is 34.5. The van der Waals surface area contributed by atoms with Crippen LogP contribution in [0.25, 0.3) is 0 Å². The Bertz CT molecular complexity index is 465. The molecular weight excluding hydrogens is 308 g/mol. The molecule has 0 aromatic rings. The van der Waals surface area contributed by atoms with Crippen molar-refractivity contribution in [3.05, 3.63) is 0 Å². The Hall–Kier alpha value is -0.530. The van der Waals surface area contributed by atoms with E-state index in [0.29, 0.717) is 5.92 Å². The van der Waals surface area contributed by atoms with E-state index in [-0.39, 0.29) is 28.3 Å². The van der Waals surface area contributed by atoms with Gasteiger partial charge in [-0.1, -0.05) is 55.4 Å². The molecule has 5 atom stereocenters. The lowest BCUT2D eigenvalue weighted by Crippen LogP contribution is -2.50. The first-order chi connectivity index (χ1) is 11.4. The zero-order valence-electron chi connectivity index (χ0n) is 18.1. The van der Waals surface area contributed by atoms with Crippen molar-refractivity contribution < 1.29 is 9.53 Å². The van der Waals surface area contributed by atoms with Gasteiger partial charge in [-0.2, -0.15) is 0 Å². The van der Waals surface area contributed by atoms with E-state index < -0.39 is 0 Å². The van der Waals surface area contributed by atoms with E-state index in [0.717, 1.165) is 31.1 Å². The monoisotopic (exact) mass is 350 g/mol. The van der Waals surface area contributed by atoms with Crippen molar-refractivity contribution in [3.8, 4) is 0 Å². The summed E-state index contributed by atoms with van der Waals surface area (Å²) in [6, 6.07) is 0. The van der Waals surface area contributed by atoms with E-state index in [2.05, 4.69) is 55.4 Å². The third-order valence-corrected chi connectivity index (χ3v) is 6.81. The number of ether oxygens (including phenoxy) is 1. The maximum Gasteiger partial charge on any atom is 0.310 e. The molecule has 2 heteroatoms. The third kappa shape index (κ3) is 5.01. The van der Waals surface area contributed by atoms with Gasteiger partial charge in [0.05, 0.1) is 5.92 Å². The van der Waals surface area contributed by atoms with Crippen molar-refractivity contribution in [2.24, 2.45) is 34.5 Å². The fraction of sp³-hybridized carbons (Fsp3) is 0.957. The summed E-state index contributed by atoms with van der Waals surface area (Å²) < 4.78 is 6.46. The molecule has 0 aromatic carbocycles. The van der Waals surface area contributed by atoms with Crippen molar-refractivity contribution in [1.29, 1.82) is 0 Å². The van der Waals surface area contributed by atoms with Gasteiger partial charge in [-0.25, -0.2) is 0 Å². The summed E-state index contributed by atoms with van der Waals surface area (Å²) in [7, 11) is 0. The average molecular weight is 351 g/mol. The molecule has 146 valence electrons. The lowest BCUT2D eigenvalue weighted by Gasteiger charge is -2.51. The minimum Gasteiger partial charge on any atom is -0.459 e. The average Bonchev–Trinajstić information content (AvgIpc) is 2.45. The van der Waals surface area contributed by atoms with E-state index >= 15 is 0 Å². The quantitative estimate of drug-likeness (QED) is 0.532. The molecule has 0 radical (unpaired) electrons. The molecule has 0 aliphatic heterocycles. The standard InChI is InChI=1S/C23H42O2/c1-9-23(11-10-17-12-16(2)13-18(23)14-17)25-20(24)19(22(6,7)8)15-21(3,4)5/h16-19H,9-15H2,1-8H3/t16?,17?,18?,19?,23-/m1/s1. The maximum absolute atomic E-state index is 13.3. The second-order valence-electron chi connectivity index (χ2n) is 11.4. The van der Waals surface area contributed by atoms with Crippen LogP contribution in [0.3, 0.4) is 0 Å². The molecule has 0 heterocycles. The molecular formula is C23H42O2. The van der Waals surface area contributed by atoms with Crippen LogP contribution >= 0.6 is 0 Å². The first-order valence-electron chi connectivity index (χ1n) is 10.6. The molecule has 2 fully saturated rings. The minimum atomic E-state index is -0.205.